The highest BCUT2D eigenvalue weighted by Crippen LogP contribution is 2.21. The minimum Gasteiger partial charge on any atom is -0.358 e. The van der Waals surface area contributed by atoms with Crippen LogP contribution in [0.5, 0.6) is 0 Å². The molecule has 1 atom stereocenters. The van der Waals surface area contributed by atoms with Gasteiger partial charge >= 0.3 is 0 Å². The van der Waals surface area contributed by atoms with E-state index in [1.54, 1.807) is 0 Å². The zero-order valence-electron chi connectivity index (χ0n) is 13.4. The van der Waals surface area contributed by atoms with Crippen LogP contribution in [0.1, 0.15) is 31.9 Å². The van der Waals surface area contributed by atoms with Gasteiger partial charge in [0.25, 0.3) is 0 Å². The van der Waals surface area contributed by atoms with Gasteiger partial charge in [0.2, 0.25) is 5.91 Å². The largest absolute Gasteiger partial charge is 0.358 e. The Labute approximate surface area is 137 Å². The molecule has 0 radical (unpaired) electrons. The van der Waals surface area contributed by atoms with Gasteiger partial charge in [0.15, 0.2) is 0 Å². The Morgan fingerprint density at radius 1 is 1.33 bits per heavy atom. The third-order valence-corrected chi connectivity index (χ3v) is 4.89. The van der Waals surface area contributed by atoms with Gasteiger partial charge in [-0.25, -0.2) is 0 Å². The molecule has 116 valence electrons. The Hall–Kier alpha value is -1.07. The Kier molecular flexibility index (Phi) is 7.18. The zero-order chi connectivity index (χ0) is 16.0. The summed E-state index contributed by atoms with van der Waals surface area (Å²) in [5.41, 5.74) is 3.08. The fraction of sp³-hybridized carbons (Fsp3) is 0.500. The zero-order valence-corrected chi connectivity index (χ0v) is 15.0. The second-order valence-electron chi connectivity index (χ2n) is 5.01. The maximum Gasteiger partial charge on any atom is 0.237 e. The number of hydrogen-bond donors (Lipinski definition) is 1. The van der Waals surface area contributed by atoms with Crippen molar-refractivity contribution >= 4 is 39.9 Å². The quantitative estimate of drug-likeness (QED) is 0.830. The molecule has 1 aromatic carbocycles. The van der Waals surface area contributed by atoms with E-state index in [0.717, 1.165) is 34.2 Å². The molecule has 0 fully saturated rings. The molecule has 0 aromatic heterocycles. The van der Waals surface area contributed by atoms with Crippen LogP contribution in [0.2, 0.25) is 0 Å². The number of carbonyl (C=O) groups is 1. The van der Waals surface area contributed by atoms with Gasteiger partial charge in [-0.2, -0.15) is 0 Å². The number of aryl methyl sites for hydroxylation is 2. The van der Waals surface area contributed by atoms with E-state index >= 15 is 0 Å². The number of benzene rings is 1. The van der Waals surface area contributed by atoms with Crippen molar-refractivity contribution in [3.63, 3.8) is 0 Å². The summed E-state index contributed by atoms with van der Waals surface area (Å²) in [5, 5.41) is 2.78. The van der Waals surface area contributed by atoms with Gasteiger partial charge in [-0.05, 0) is 51.8 Å². The first-order chi connectivity index (χ1) is 9.88. The lowest BCUT2D eigenvalue weighted by Gasteiger charge is -2.23. The van der Waals surface area contributed by atoms with Crippen molar-refractivity contribution in [2.45, 2.75) is 39.9 Å². The fourth-order valence-electron chi connectivity index (χ4n) is 1.87. The van der Waals surface area contributed by atoms with Crippen LogP contribution in [0.25, 0.3) is 0 Å². The topological polar surface area (TPSA) is 32.3 Å². The molecular formula is C16H24N2OS2. The summed E-state index contributed by atoms with van der Waals surface area (Å²) in [4.78, 5) is 14.4. The molecule has 1 rings (SSSR count). The minimum absolute atomic E-state index is 0.0109. The van der Waals surface area contributed by atoms with Crippen molar-refractivity contribution in [3.05, 3.63) is 29.3 Å². The average molecular weight is 325 g/mol. The Bertz CT molecular complexity index is 513. The van der Waals surface area contributed by atoms with E-state index in [1.807, 2.05) is 39.0 Å². The number of thioether (sulfide) groups is 1. The van der Waals surface area contributed by atoms with E-state index in [1.165, 1.54) is 11.8 Å². The lowest BCUT2D eigenvalue weighted by atomic mass is 10.1. The van der Waals surface area contributed by atoms with Crippen LogP contribution in [0.15, 0.2) is 18.2 Å². The summed E-state index contributed by atoms with van der Waals surface area (Å²) in [6.07, 6.45) is 0. The summed E-state index contributed by atoms with van der Waals surface area (Å²) >= 11 is 6.83. The summed E-state index contributed by atoms with van der Waals surface area (Å²) < 4.78 is 0.781. The highest BCUT2D eigenvalue weighted by Gasteiger charge is 2.18. The van der Waals surface area contributed by atoms with Crippen LogP contribution in [0.4, 0.5) is 5.69 Å². The summed E-state index contributed by atoms with van der Waals surface area (Å²) in [7, 11) is 0. The van der Waals surface area contributed by atoms with Gasteiger partial charge < -0.3 is 10.2 Å². The molecular weight excluding hydrogens is 300 g/mol. The molecule has 0 saturated heterocycles. The second kappa shape index (κ2) is 8.39. The molecule has 0 aliphatic heterocycles. The van der Waals surface area contributed by atoms with Crippen molar-refractivity contribution in [3.8, 4) is 0 Å². The molecule has 0 spiro atoms. The predicted molar refractivity (Wildman–Crippen MR) is 97.1 cm³/mol. The third kappa shape index (κ3) is 5.32. The van der Waals surface area contributed by atoms with Gasteiger partial charge in [-0.1, -0.05) is 36.1 Å². The first-order valence-electron chi connectivity index (χ1n) is 7.22. The molecule has 0 saturated carbocycles. The molecule has 1 amide bonds. The standard InChI is InChI=1S/C16H24N2OS2/c1-6-18(7-2)16(20)21-13(5)15(19)17-14-10-11(3)8-9-12(14)4/h8-10,13H,6-7H2,1-5H3,(H,17,19). The van der Waals surface area contributed by atoms with Crippen LogP contribution in [0, 0.1) is 13.8 Å². The Balaban J connectivity index is 2.66. The third-order valence-electron chi connectivity index (χ3n) is 3.32. The lowest BCUT2D eigenvalue weighted by molar-refractivity contribution is -0.115. The first kappa shape index (κ1) is 18.0. The molecule has 1 aromatic rings. The lowest BCUT2D eigenvalue weighted by Crippen LogP contribution is -2.31. The maximum atomic E-state index is 12.3. The molecule has 1 N–H and O–H groups in total. The molecule has 0 aliphatic carbocycles. The fourth-order valence-corrected chi connectivity index (χ4v) is 3.43. The Morgan fingerprint density at radius 2 is 1.95 bits per heavy atom. The van der Waals surface area contributed by atoms with Crippen molar-refractivity contribution in [1.82, 2.24) is 4.90 Å². The van der Waals surface area contributed by atoms with Crippen LogP contribution < -0.4 is 5.32 Å². The second-order valence-corrected chi connectivity index (χ2v) is 6.98. The molecule has 1 unspecified atom stereocenters. The first-order valence-corrected chi connectivity index (χ1v) is 8.51. The molecule has 21 heavy (non-hydrogen) atoms. The van der Waals surface area contributed by atoms with E-state index < -0.39 is 0 Å². The number of carbonyl (C=O) groups excluding carboxylic acids is 1. The number of amides is 1. The number of nitrogens with zero attached hydrogens (tertiary/aromatic N) is 1. The minimum atomic E-state index is -0.210. The summed E-state index contributed by atoms with van der Waals surface area (Å²) in [5.74, 6) is -0.0109. The highest BCUT2D eigenvalue weighted by atomic mass is 32.2. The molecule has 0 aliphatic rings. The SMILES string of the molecule is CCN(CC)C(=S)SC(C)C(=O)Nc1cc(C)ccc1C. The van der Waals surface area contributed by atoms with Gasteiger partial charge in [0.1, 0.15) is 4.32 Å². The van der Waals surface area contributed by atoms with Gasteiger partial charge in [-0.15, -0.1) is 0 Å². The predicted octanol–water partition coefficient (Wildman–Crippen LogP) is 3.99. The van der Waals surface area contributed by atoms with E-state index in [4.69, 9.17) is 12.2 Å². The number of rotatable bonds is 5. The van der Waals surface area contributed by atoms with Crippen molar-refractivity contribution in [2.75, 3.05) is 18.4 Å². The smallest absolute Gasteiger partial charge is 0.237 e. The highest BCUT2D eigenvalue weighted by molar-refractivity contribution is 8.23. The van der Waals surface area contributed by atoms with E-state index in [0.29, 0.717) is 0 Å². The van der Waals surface area contributed by atoms with E-state index in [2.05, 4.69) is 24.1 Å². The number of hydrogen-bond acceptors (Lipinski definition) is 3. The van der Waals surface area contributed by atoms with Crippen LogP contribution >= 0.6 is 24.0 Å². The Morgan fingerprint density at radius 3 is 2.52 bits per heavy atom. The number of thiocarbonyl (C=S) groups is 1. The molecule has 0 heterocycles. The normalized spacial score (nSPS) is 11.9. The van der Waals surface area contributed by atoms with Crippen molar-refractivity contribution in [2.24, 2.45) is 0 Å². The number of nitrogens with one attached hydrogen (secondary N) is 1. The van der Waals surface area contributed by atoms with Gasteiger partial charge in [-0.3, -0.25) is 4.79 Å². The molecule has 3 nitrogen and oxygen atoms in total. The summed E-state index contributed by atoms with van der Waals surface area (Å²) in [6, 6.07) is 6.05. The van der Waals surface area contributed by atoms with E-state index in [-0.39, 0.29) is 11.2 Å². The maximum absolute atomic E-state index is 12.3. The average Bonchev–Trinajstić information content (AvgIpc) is 2.44. The van der Waals surface area contributed by atoms with Crippen LogP contribution in [-0.2, 0) is 4.79 Å². The van der Waals surface area contributed by atoms with Crippen LogP contribution in [0.3, 0.4) is 0 Å². The van der Waals surface area contributed by atoms with Crippen molar-refractivity contribution < 1.29 is 4.79 Å². The van der Waals surface area contributed by atoms with Crippen molar-refractivity contribution in [1.29, 1.82) is 0 Å². The van der Waals surface area contributed by atoms with Gasteiger partial charge in [0.05, 0.1) is 5.25 Å². The van der Waals surface area contributed by atoms with Crippen LogP contribution in [-0.4, -0.2) is 33.5 Å². The van der Waals surface area contributed by atoms with E-state index in [9.17, 15) is 4.79 Å². The summed E-state index contributed by atoms with van der Waals surface area (Å²) in [6.45, 7) is 11.8. The monoisotopic (exact) mass is 324 g/mol. The number of anilines is 1. The molecule has 0 bridgehead atoms. The van der Waals surface area contributed by atoms with Gasteiger partial charge in [0, 0.05) is 18.8 Å². The molecule has 5 heteroatoms.